The Balaban J connectivity index is 1.30. The minimum absolute atomic E-state index is 0.244. The SMILES string of the molecule is Cc1ccccc1OC[C@@H]1CCCN(Cc2nc(Cc3ccccc3F)no2)C1. The second-order valence-corrected chi connectivity index (χ2v) is 7.69. The Kier molecular flexibility index (Phi) is 6.20. The number of rotatable bonds is 7. The van der Waals surface area contributed by atoms with Gasteiger partial charge in [0.25, 0.3) is 0 Å². The lowest BCUT2D eigenvalue weighted by Gasteiger charge is -2.31. The van der Waals surface area contributed by atoms with Gasteiger partial charge in [0.05, 0.1) is 13.2 Å². The molecule has 1 saturated heterocycles. The van der Waals surface area contributed by atoms with Crippen molar-refractivity contribution >= 4 is 0 Å². The minimum atomic E-state index is -0.244. The molecule has 0 radical (unpaired) electrons. The summed E-state index contributed by atoms with van der Waals surface area (Å²) >= 11 is 0. The third kappa shape index (κ3) is 5.21. The maximum absolute atomic E-state index is 13.8. The third-order valence-corrected chi connectivity index (χ3v) is 5.35. The molecule has 4 rings (SSSR count). The van der Waals surface area contributed by atoms with Gasteiger partial charge in [-0.05, 0) is 49.6 Å². The molecule has 5 nitrogen and oxygen atoms in total. The molecule has 0 N–H and O–H groups in total. The van der Waals surface area contributed by atoms with Crippen LogP contribution in [0.5, 0.6) is 5.75 Å². The fourth-order valence-electron chi connectivity index (χ4n) is 3.79. The van der Waals surface area contributed by atoms with Crippen molar-refractivity contribution in [1.29, 1.82) is 0 Å². The molecule has 29 heavy (non-hydrogen) atoms. The highest BCUT2D eigenvalue weighted by Crippen LogP contribution is 2.22. The predicted octanol–water partition coefficient (Wildman–Crippen LogP) is 4.40. The van der Waals surface area contributed by atoms with E-state index >= 15 is 0 Å². The molecule has 1 aromatic heterocycles. The van der Waals surface area contributed by atoms with Crippen LogP contribution in [0.2, 0.25) is 0 Å². The minimum Gasteiger partial charge on any atom is -0.493 e. The number of likely N-dealkylation sites (tertiary alicyclic amines) is 1. The van der Waals surface area contributed by atoms with Crippen LogP contribution in [-0.2, 0) is 13.0 Å². The van der Waals surface area contributed by atoms with Crippen LogP contribution in [0.4, 0.5) is 4.39 Å². The summed E-state index contributed by atoms with van der Waals surface area (Å²) in [6.45, 7) is 5.34. The van der Waals surface area contributed by atoms with Gasteiger partial charge in [0.2, 0.25) is 5.89 Å². The van der Waals surface area contributed by atoms with Gasteiger partial charge in [-0.1, -0.05) is 41.6 Å². The number of hydrogen-bond acceptors (Lipinski definition) is 5. The molecule has 0 aliphatic carbocycles. The van der Waals surface area contributed by atoms with E-state index in [2.05, 4.69) is 28.0 Å². The second-order valence-electron chi connectivity index (χ2n) is 7.69. The molecule has 3 aromatic rings. The first-order valence-corrected chi connectivity index (χ1v) is 10.1. The Hall–Kier alpha value is -2.73. The summed E-state index contributed by atoms with van der Waals surface area (Å²) in [7, 11) is 0. The third-order valence-electron chi connectivity index (χ3n) is 5.35. The Labute approximate surface area is 170 Å². The van der Waals surface area contributed by atoms with Gasteiger partial charge in [-0.25, -0.2) is 4.39 Å². The zero-order chi connectivity index (χ0) is 20.1. The van der Waals surface area contributed by atoms with Crippen LogP contribution >= 0.6 is 0 Å². The van der Waals surface area contributed by atoms with Gasteiger partial charge in [-0.2, -0.15) is 4.98 Å². The van der Waals surface area contributed by atoms with Gasteiger partial charge in [-0.3, -0.25) is 4.90 Å². The molecule has 1 fully saturated rings. The molecular weight excluding hydrogens is 369 g/mol. The molecule has 0 unspecified atom stereocenters. The number of ether oxygens (including phenoxy) is 1. The van der Waals surface area contributed by atoms with Crippen molar-refractivity contribution in [2.24, 2.45) is 5.92 Å². The molecule has 0 amide bonds. The van der Waals surface area contributed by atoms with Crippen LogP contribution in [0.25, 0.3) is 0 Å². The van der Waals surface area contributed by atoms with E-state index in [1.165, 1.54) is 6.07 Å². The van der Waals surface area contributed by atoms with Crippen LogP contribution in [0.1, 0.15) is 35.7 Å². The van der Waals surface area contributed by atoms with Crippen molar-refractivity contribution in [3.8, 4) is 5.75 Å². The van der Waals surface area contributed by atoms with E-state index in [1.54, 1.807) is 12.1 Å². The Morgan fingerprint density at radius 1 is 1.17 bits per heavy atom. The highest BCUT2D eigenvalue weighted by Gasteiger charge is 2.22. The van der Waals surface area contributed by atoms with E-state index in [1.807, 2.05) is 24.3 Å². The molecular formula is C23H26FN3O2. The molecule has 2 aromatic carbocycles. The van der Waals surface area contributed by atoms with E-state index in [4.69, 9.17) is 9.26 Å². The highest BCUT2D eigenvalue weighted by molar-refractivity contribution is 5.31. The van der Waals surface area contributed by atoms with Gasteiger partial charge in [-0.15, -0.1) is 0 Å². The summed E-state index contributed by atoms with van der Waals surface area (Å²) < 4.78 is 25.3. The Morgan fingerprint density at radius 2 is 2.00 bits per heavy atom. The predicted molar refractivity (Wildman–Crippen MR) is 108 cm³/mol. The van der Waals surface area contributed by atoms with Crippen molar-refractivity contribution < 1.29 is 13.7 Å². The molecule has 0 saturated carbocycles. The van der Waals surface area contributed by atoms with E-state index in [0.29, 0.717) is 42.8 Å². The lowest BCUT2D eigenvalue weighted by Crippen LogP contribution is -2.37. The van der Waals surface area contributed by atoms with E-state index in [0.717, 1.165) is 37.2 Å². The molecule has 0 bridgehead atoms. The van der Waals surface area contributed by atoms with Crippen molar-refractivity contribution in [2.45, 2.75) is 32.7 Å². The summed E-state index contributed by atoms with van der Waals surface area (Å²) in [4.78, 5) is 6.78. The number of aromatic nitrogens is 2. The monoisotopic (exact) mass is 395 g/mol. The molecule has 1 atom stereocenters. The zero-order valence-corrected chi connectivity index (χ0v) is 16.7. The number of benzene rings is 2. The standard InChI is InChI=1S/C23H26FN3O2/c1-17-7-2-5-11-21(17)28-16-18-8-6-12-27(14-18)15-23-25-22(26-29-23)13-19-9-3-4-10-20(19)24/h2-5,7,9-11,18H,6,8,12-16H2,1H3/t18-/m1/s1. The summed E-state index contributed by atoms with van der Waals surface area (Å²) in [5.74, 6) is 2.29. The lowest BCUT2D eigenvalue weighted by molar-refractivity contribution is 0.115. The highest BCUT2D eigenvalue weighted by atomic mass is 19.1. The number of piperidine rings is 1. The van der Waals surface area contributed by atoms with Crippen molar-refractivity contribution in [3.05, 3.63) is 77.2 Å². The van der Waals surface area contributed by atoms with Crippen LogP contribution < -0.4 is 4.74 Å². The molecule has 1 aliphatic rings. The first-order chi connectivity index (χ1) is 14.2. The Bertz CT molecular complexity index is 943. The smallest absolute Gasteiger partial charge is 0.240 e. The van der Waals surface area contributed by atoms with E-state index < -0.39 is 0 Å². The molecule has 0 spiro atoms. The fraction of sp³-hybridized carbons (Fsp3) is 0.391. The maximum Gasteiger partial charge on any atom is 0.240 e. The van der Waals surface area contributed by atoms with Crippen molar-refractivity contribution in [2.75, 3.05) is 19.7 Å². The summed E-state index contributed by atoms with van der Waals surface area (Å²) in [6.07, 6.45) is 2.62. The fourth-order valence-corrected chi connectivity index (χ4v) is 3.79. The van der Waals surface area contributed by atoms with E-state index in [9.17, 15) is 4.39 Å². The average molecular weight is 395 g/mol. The van der Waals surface area contributed by atoms with Gasteiger partial charge < -0.3 is 9.26 Å². The quantitative estimate of drug-likeness (QED) is 0.594. The average Bonchev–Trinajstić information content (AvgIpc) is 3.16. The van der Waals surface area contributed by atoms with Gasteiger partial charge >= 0.3 is 0 Å². The first kappa shape index (κ1) is 19.6. The lowest BCUT2D eigenvalue weighted by atomic mass is 9.99. The molecule has 1 aliphatic heterocycles. The normalized spacial score (nSPS) is 17.4. The number of halogens is 1. The molecule has 152 valence electrons. The van der Waals surface area contributed by atoms with Crippen LogP contribution in [0.3, 0.4) is 0 Å². The van der Waals surface area contributed by atoms with Gasteiger partial charge in [0.1, 0.15) is 11.6 Å². The summed E-state index contributed by atoms with van der Waals surface area (Å²) in [6, 6.07) is 14.8. The molecule has 6 heteroatoms. The number of nitrogens with zero attached hydrogens (tertiary/aromatic N) is 3. The summed E-state index contributed by atoms with van der Waals surface area (Å²) in [5.41, 5.74) is 1.74. The van der Waals surface area contributed by atoms with Crippen LogP contribution in [-0.4, -0.2) is 34.7 Å². The topological polar surface area (TPSA) is 51.4 Å². The zero-order valence-electron chi connectivity index (χ0n) is 16.7. The summed E-state index contributed by atoms with van der Waals surface area (Å²) in [5, 5.41) is 4.02. The van der Waals surface area contributed by atoms with Crippen LogP contribution in [0.15, 0.2) is 53.1 Å². The second kappa shape index (κ2) is 9.18. The molecule has 2 heterocycles. The Morgan fingerprint density at radius 3 is 2.86 bits per heavy atom. The largest absolute Gasteiger partial charge is 0.493 e. The number of para-hydroxylation sites is 1. The van der Waals surface area contributed by atoms with Gasteiger partial charge in [0.15, 0.2) is 5.82 Å². The number of hydrogen-bond donors (Lipinski definition) is 0. The first-order valence-electron chi connectivity index (χ1n) is 10.1. The van der Waals surface area contributed by atoms with Crippen molar-refractivity contribution in [1.82, 2.24) is 15.0 Å². The van der Waals surface area contributed by atoms with Crippen molar-refractivity contribution in [3.63, 3.8) is 0 Å². The maximum atomic E-state index is 13.8. The van der Waals surface area contributed by atoms with Crippen LogP contribution in [0, 0.1) is 18.7 Å². The number of aryl methyl sites for hydroxylation is 1. The van der Waals surface area contributed by atoms with E-state index in [-0.39, 0.29) is 5.82 Å². The van der Waals surface area contributed by atoms with Gasteiger partial charge in [0, 0.05) is 18.9 Å².